The van der Waals surface area contributed by atoms with E-state index >= 15 is 0 Å². The van der Waals surface area contributed by atoms with E-state index in [1.54, 1.807) is 9.80 Å². The summed E-state index contributed by atoms with van der Waals surface area (Å²) >= 11 is 0. The number of aliphatic hydroxyl groups is 18. The summed E-state index contributed by atoms with van der Waals surface area (Å²) in [5, 5.41) is 199. The van der Waals surface area contributed by atoms with Gasteiger partial charge in [0.25, 0.3) is 0 Å². The summed E-state index contributed by atoms with van der Waals surface area (Å²) < 4.78 is 65.5. The lowest BCUT2D eigenvalue weighted by Gasteiger charge is -2.39. The van der Waals surface area contributed by atoms with Crippen molar-refractivity contribution >= 4 is 70.6 Å². The molecule has 0 spiro atoms. The fourth-order valence-electron chi connectivity index (χ4n) is 18.5. The van der Waals surface area contributed by atoms with Gasteiger partial charge in [0.15, 0.2) is 37.7 Å². The number of carbonyl (C=O) groups is 12. The van der Waals surface area contributed by atoms with Gasteiger partial charge in [-0.1, -0.05) is 0 Å². The number of aliphatic hydroxyl groups excluding tert-OH is 18. The Morgan fingerprint density at radius 2 is 0.442 bits per heavy atom. The molecular weight excluding hydrogens is 1950 g/mol. The predicted octanol–water partition coefficient (Wildman–Crippen LogP) is -9.33. The van der Waals surface area contributed by atoms with Gasteiger partial charge in [0, 0.05) is 148 Å². The molecule has 9 aliphatic rings. The van der Waals surface area contributed by atoms with Crippen molar-refractivity contribution in [1.29, 1.82) is 0 Å². The first-order chi connectivity index (χ1) is 69.8. The monoisotopic (exact) mass is 2120 g/mol. The second-order valence-electron chi connectivity index (χ2n) is 38.6. The molecule has 0 saturated carbocycles. The molecule has 846 valence electrons. The molecule has 52 heteroatoms. The van der Waals surface area contributed by atoms with Crippen molar-refractivity contribution < 1.29 is 206 Å². The van der Waals surface area contributed by atoms with Crippen LogP contribution in [-0.4, -0.2) is 486 Å². The molecule has 9 heterocycles. The molecule has 36 atom stereocenters. The summed E-state index contributed by atoms with van der Waals surface area (Å²) in [7, 11) is 0. The molecule has 147 heavy (non-hydrogen) atoms. The van der Waals surface area contributed by atoms with Crippen molar-refractivity contribution in [3.63, 3.8) is 0 Å². The Morgan fingerprint density at radius 1 is 0.238 bits per heavy atom. The third-order valence-electron chi connectivity index (χ3n) is 27.6. The Morgan fingerprint density at radius 3 is 0.694 bits per heavy atom. The SMILES string of the molecule is CCNC(=O)CCCCC(=O)N1CC[C@@H](C(=O)CCCO[C@@H]2O[C@@H](C)[C@@H](O)[C@@H](O)[C@@H]2O)[C@@H](C(=O)NCCO[C@@H]2O[C@@H](C)[C@@H](O)[C@@H](O)[C@@H]2O)C1.CCNC(=O)CCCCC(=O)N1CC[C@@H](C(=O)NCCO[C@@H]2O[C@@H](C)[C@@H](O)[C@@H](O)[C@@H]2O)[C@@H](C(=O)CCCO[C@@H]2O[C@@H](C)[C@@H](O)[C@@H](O)[C@@H]2O)C1.CCNC(=O)CCCCC(=O)N1CC[C@@H](C(=O)NCCO[C@@H]2O[C@@H](C)[C@@H](O)[C@@H](O)[C@@H]2O)[C@@H](C(=O)NCCO[C@@H]2O[C@@H](C)[C@@H](O)[C@@H](O)[C@@H]2O)C1. The largest absolute Gasteiger partial charge is 0.388 e. The molecule has 9 saturated heterocycles. The quantitative estimate of drug-likeness (QED) is 0.0252. The zero-order valence-corrected chi connectivity index (χ0v) is 85.3. The van der Waals surface area contributed by atoms with Crippen LogP contribution >= 0.6 is 0 Å². The van der Waals surface area contributed by atoms with E-state index in [0.29, 0.717) is 77.4 Å². The van der Waals surface area contributed by atoms with Crippen molar-refractivity contribution in [1.82, 2.24) is 51.9 Å². The standard InChI is InChI=1S/2C32H55N3O14.C31H54N4O14/c1-4-33-22(37)9-5-6-10-23(38)35-13-11-19(30(45)34-12-15-47-32-29(44)27(42)25(40)18(3)49-32)20(16-35)21(36)8-7-14-46-31-28(43)26(41)24(39)17(2)48-31;1-4-33-22(37)9-5-6-10-23(38)35-13-11-19(21(36)8-7-14-46-31-28(43)26(41)24(39)17(2)48-31)20(16-35)30(45)34-12-15-47-32-29(44)27(42)25(40)18(3)49-32;1-4-32-20(36)7-5-6-8-21(37)35-12-9-18(28(44)33-10-13-46-30-26(42)24(40)22(38)16(2)48-30)19(15-35)29(45)34-11-14-47-31-27(43)25(41)23(39)17(3)49-31/h2*17-20,24-29,31-32,39-44H,4-16H2,1-3H3,(H,33,37)(H,34,45);16-19,22-27,30-31,38-43H,4-15H2,1-3H3,(H,32,36)(H,33,44)(H,34,45)/t2*17-,18-,19+,20-,24+,25+,26+,27+,28-,29-,31+,32+;16-,17-,18+,19-,22+,23+,24+,25+,26-,27-,30+,31+/m000/s1. The van der Waals surface area contributed by atoms with Crippen molar-refractivity contribution in [3.05, 3.63) is 0 Å². The normalized spacial score (nSPS) is 35.1. The Kier molecular flexibility index (Phi) is 55.3. The predicted molar refractivity (Wildman–Crippen MR) is 506 cm³/mol. The van der Waals surface area contributed by atoms with E-state index in [2.05, 4.69) is 37.2 Å². The summed E-state index contributed by atoms with van der Waals surface area (Å²) in [6.45, 7) is 16.4. The lowest BCUT2D eigenvalue weighted by molar-refractivity contribution is -0.293. The minimum atomic E-state index is -1.51. The highest BCUT2D eigenvalue weighted by atomic mass is 16.7. The number of rotatable bonds is 50. The van der Waals surface area contributed by atoms with Crippen LogP contribution in [0.1, 0.15) is 184 Å². The molecule has 10 amide bonds. The van der Waals surface area contributed by atoms with Gasteiger partial charge in [-0.15, -0.1) is 0 Å². The molecule has 9 aliphatic heterocycles. The maximum atomic E-state index is 13.5. The van der Waals surface area contributed by atoms with Gasteiger partial charge in [-0.25, -0.2) is 0 Å². The van der Waals surface area contributed by atoms with Gasteiger partial charge in [0.05, 0.1) is 99.9 Å². The van der Waals surface area contributed by atoms with E-state index in [0.717, 1.165) is 0 Å². The molecule has 0 bridgehead atoms. The summed E-state index contributed by atoms with van der Waals surface area (Å²) in [4.78, 5) is 159. The number of nitrogens with zero attached hydrogens (tertiary/aromatic N) is 3. The molecule has 0 aromatic heterocycles. The van der Waals surface area contributed by atoms with Crippen LogP contribution in [0.4, 0.5) is 0 Å². The second kappa shape index (κ2) is 64.1. The van der Waals surface area contributed by atoms with Crippen LogP contribution in [0.3, 0.4) is 0 Å². The third kappa shape index (κ3) is 38.5. The molecule has 0 unspecified atom stereocenters. The molecule has 52 nitrogen and oxygen atoms in total. The van der Waals surface area contributed by atoms with E-state index in [4.69, 9.17) is 56.8 Å². The summed E-state index contributed by atoms with van der Waals surface area (Å²) in [5.41, 5.74) is 0. The Labute approximate surface area is 854 Å². The van der Waals surface area contributed by atoms with Crippen molar-refractivity contribution in [2.75, 3.05) is 125 Å². The highest BCUT2D eigenvalue weighted by molar-refractivity contribution is 5.92. The van der Waals surface area contributed by atoms with E-state index in [9.17, 15) is 149 Å². The number of hydrogen-bond donors (Lipinski definition) is 25. The van der Waals surface area contributed by atoms with Crippen LogP contribution in [0.25, 0.3) is 0 Å². The molecule has 9 rings (SSSR count). The average Bonchev–Trinajstić information content (AvgIpc) is 0.797. The van der Waals surface area contributed by atoms with Crippen molar-refractivity contribution in [2.24, 2.45) is 35.5 Å². The zero-order valence-electron chi connectivity index (χ0n) is 85.3. The first-order valence-corrected chi connectivity index (χ1v) is 51.5. The highest BCUT2D eigenvalue weighted by Crippen LogP contribution is 2.34. The lowest BCUT2D eigenvalue weighted by Crippen LogP contribution is -2.57. The van der Waals surface area contributed by atoms with Gasteiger partial charge in [-0.2, -0.15) is 0 Å². The van der Waals surface area contributed by atoms with Crippen LogP contribution in [0.5, 0.6) is 0 Å². The van der Waals surface area contributed by atoms with Gasteiger partial charge in [0.1, 0.15) is 121 Å². The Hall–Kier alpha value is -7.16. The smallest absolute Gasteiger partial charge is 0.225 e. The van der Waals surface area contributed by atoms with Crippen LogP contribution < -0.4 is 37.2 Å². The van der Waals surface area contributed by atoms with Gasteiger partial charge in [-0.05, 0) is 133 Å². The number of Topliss-reactive ketones (excluding diaryl/α,β-unsaturated/α-hetero) is 2. The molecule has 0 aromatic carbocycles. The zero-order chi connectivity index (χ0) is 109. The maximum absolute atomic E-state index is 13.5. The molecule has 0 radical (unpaired) electrons. The Balaban J connectivity index is 0.000000299. The van der Waals surface area contributed by atoms with Gasteiger partial charge in [0.2, 0.25) is 59.1 Å². The molecular formula is C95H164N10O42. The van der Waals surface area contributed by atoms with Crippen LogP contribution in [0.2, 0.25) is 0 Å². The number of likely N-dealkylation sites (tertiary alicyclic amines) is 3. The van der Waals surface area contributed by atoms with Crippen LogP contribution in [0.15, 0.2) is 0 Å². The van der Waals surface area contributed by atoms with Gasteiger partial charge >= 0.3 is 0 Å². The average molecular weight is 2120 g/mol. The van der Waals surface area contributed by atoms with Crippen LogP contribution in [0, 0.1) is 35.5 Å². The fourth-order valence-corrected chi connectivity index (χ4v) is 18.5. The fraction of sp³-hybridized carbons (Fsp3) is 0.874. The maximum Gasteiger partial charge on any atom is 0.225 e. The minimum Gasteiger partial charge on any atom is -0.388 e. The summed E-state index contributed by atoms with van der Waals surface area (Å²) in [6.07, 6.45) is -31.7. The number of ether oxygens (including phenoxy) is 12. The van der Waals surface area contributed by atoms with Gasteiger partial charge in [-0.3, -0.25) is 57.5 Å². The minimum absolute atomic E-state index is 0.000628. The Bertz CT molecular complexity index is 3640. The third-order valence-corrected chi connectivity index (χ3v) is 27.6. The van der Waals surface area contributed by atoms with E-state index < -0.39 is 243 Å². The molecule has 0 aliphatic carbocycles. The first-order valence-electron chi connectivity index (χ1n) is 51.5. The van der Waals surface area contributed by atoms with Crippen molar-refractivity contribution in [3.8, 4) is 0 Å². The first kappa shape index (κ1) is 127. The number of unbranched alkanes of at least 4 members (excludes halogenated alkanes) is 3. The number of ketones is 2. The summed E-state index contributed by atoms with van der Waals surface area (Å²) in [6, 6.07) is 0. The number of nitrogens with one attached hydrogen (secondary N) is 7. The van der Waals surface area contributed by atoms with E-state index in [1.165, 1.54) is 46.4 Å². The lowest BCUT2D eigenvalue weighted by atomic mass is 9.80. The molecule has 25 N–H and O–H groups in total. The second-order valence-corrected chi connectivity index (χ2v) is 38.6. The number of carbonyl (C=O) groups excluding carboxylic acids is 12. The van der Waals surface area contributed by atoms with E-state index in [-0.39, 0.29) is 216 Å². The van der Waals surface area contributed by atoms with E-state index in [1.807, 2.05) is 20.8 Å². The number of piperidine rings is 3. The number of hydrogen-bond acceptors (Lipinski definition) is 42. The molecule has 9 fully saturated rings. The van der Waals surface area contributed by atoms with Crippen LogP contribution in [-0.2, 0) is 114 Å². The van der Waals surface area contributed by atoms with Gasteiger partial charge < -0.3 is 201 Å². The topological polar surface area (TPSA) is 774 Å². The van der Waals surface area contributed by atoms with Crippen molar-refractivity contribution in [2.45, 2.75) is 369 Å². The molecule has 0 aromatic rings. The highest BCUT2D eigenvalue weighted by Gasteiger charge is 2.51. The number of amides is 10. The summed E-state index contributed by atoms with van der Waals surface area (Å²) in [5.74, 6) is -7.98.